The van der Waals surface area contributed by atoms with Crippen LogP contribution in [0.1, 0.15) is 0 Å². The van der Waals surface area contributed by atoms with E-state index in [4.69, 9.17) is 11.6 Å². The Balaban J connectivity index is 3.08. The number of likely N-dealkylation sites (N-methyl/N-ethyl adjacent to an activating group) is 2. The summed E-state index contributed by atoms with van der Waals surface area (Å²) in [5.74, 6) is -0.409. The van der Waals surface area contributed by atoms with Gasteiger partial charge in [-0.25, -0.2) is 8.42 Å². The third-order valence-corrected chi connectivity index (χ3v) is 5.95. The Labute approximate surface area is 124 Å². The number of halogens is 1. The second kappa shape index (κ2) is 6.04. The van der Waals surface area contributed by atoms with Crippen LogP contribution in [0.2, 0.25) is 4.34 Å². The summed E-state index contributed by atoms with van der Waals surface area (Å²) in [4.78, 5) is 22.6. The molecule has 11 heteroatoms. The van der Waals surface area contributed by atoms with Gasteiger partial charge in [-0.15, -0.1) is 11.3 Å². The second-order valence-electron chi connectivity index (χ2n) is 4.03. The number of carbonyl (C=O) groups is 1. The van der Waals surface area contributed by atoms with Crippen LogP contribution < -0.4 is 0 Å². The van der Waals surface area contributed by atoms with E-state index in [9.17, 15) is 23.3 Å². The monoisotopic (exact) mass is 341 g/mol. The molecule has 0 aliphatic heterocycles. The fourth-order valence-electron chi connectivity index (χ4n) is 1.16. The number of hydrogen-bond acceptors (Lipinski definition) is 6. The van der Waals surface area contributed by atoms with Gasteiger partial charge in [0, 0.05) is 27.2 Å². The summed E-state index contributed by atoms with van der Waals surface area (Å²) in [5.41, 5.74) is -0.470. The lowest BCUT2D eigenvalue weighted by Gasteiger charge is -2.17. The highest BCUT2D eigenvalue weighted by Crippen LogP contribution is 2.37. The van der Waals surface area contributed by atoms with E-state index in [0.717, 1.165) is 10.4 Å². The van der Waals surface area contributed by atoms with Gasteiger partial charge >= 0.3 is 0 Å². The Morgan fingerprint density at radius 2 is 2.00 bits per heavy atom. The third-order valence-electron chi connectivity index (χ3n) is 2.36. The molecule has 1 amide bonds. The molecule has 8 nitrogen and oxygen atoms in total. The van der Waals surface area contributed by atoms with E-state index in [2.05, 4.69) is 0 Å². The van der Waals surface area contributed by atoms with Crippen molar-refractivity contribution < 1.29 is 18.1 Å². The van der Waals surface area contributed by atoms with Crippen LogP contribution in [-0.2, 0) is 14.8 Å². The van der Waals surface area contributed by atoms with Gasteiger partial charge in [0.2, 0.25) is 5.91 Å². The van der Waals surface area contributed by atoms with Gasteiger partial charge in [-0.05, 0) is 0 Å². The molecule has 1 rings (SSSR count). The van der Waals surface area contributed by atoms with Crippen molar-refractivity contribution in [2.24, 2.45) is 0 Å². The van der Waals surface area contributed by atoms with Crippen molar-refractivity contribution in [3.05, 3.63) is 20.5 Å². The Kier molecular flexibility index (Phi) is 5.08. The van der Waals surface area contributed by atoms with E-state index in [0.29, 0.717) is 11.3 Å². The SMILES string of the molecule is CN(C)C(=O)CN(C)S(=O)(=O)c1cc([N+](=O)[O-])c(Cl)s1. The molecule has 0 unspecified atom stereocenters. The molecule has 0 saturated heterocycles. The highest BCUT2D eigenvalue weighted by molar-refractivity contribution is 7.91. The number of nitrogens with zero attached hydrogens (tertiary/aromatic N) is 3. The van der Waals surface area contributed by atoms with Crippen molar-refractivity contribution in [1.82, 2.24) is 9.21 Å². The maximum absolute atomic E-state index is 12.2. The predicted molar refractivity (Wildman–Crippen MR) is 74.5 cm³/mol. The molecule has 0 saturated carbocycles. The summed E-state index contributed by atoms with van der Waals surface area (Å²) in [6.45, 7) is -0.362. The Morgan fingerprint density at radius 1 is 1.45 bits per heavy atom. The normalized spacial score (nSPS) is 11.7. The van der Waals surface area contributed by atoms with Gasteiger partial charge in [0.15, 0.2) is 4.34 Å². The first kappa shape index (κ1) is 16.8. The maximum Gasteiger partial charge on any atom is 0.300 e. The molecular weight excluding hydrogens is 330 g/mol. The zero-order valence-corrected chi connectivity index (χ0v) is 13.3. The molecule has 20 heavy (non-hydrogen) atoms. The van der Waals surface area contributed by atoms with Crippen molar-refractivity contribution in [3.63, 3.8) is 0 Å². The first-order valence-corrected chi connectivity index (χ1v) is 7.81. The minimum Gasteiger partial charge on any atom is -0.348 e. The van der Waals surface area contributed by atoms with Crippen LogP contribution in [0.5, 0.6) is 0 Å². The molecule has 0 aromatic carbocycles. The molecule has 0 N–H and O–H groups in total. The molecule has 1 aromatic heterocycles. The molecule has 1 heterocycles. The summed E-state index contributed by atoms with van der Waals surface area (Å²) in [6.07, 6.45) is 0. The van der Waals surface area contributed by atoms with Gasteiger partial charge in [-0.3, -0.25) is 14.9 Å². The van der Waals surface area contributed by atoms with Crippen LogP contribution >= 0.6 is 22.9 Å². The fraction of sp³-hybridized carbons (Fsp3) is 0.444. The molecule has 0 spiro atoms. The quantitative estimate of drug-likeness (QED) is 0.587. The number of amides is 1. The van der Waals surface area contributed by atoms with Gasteiger partial charge in [0.25, 0.3) is 15.7 Å². The van der Waals surface area contributed by atoms with E-state index >= 15 is 0 Å². The van der Waals surface area contributed by atoms with Gasteiger partial charge < -0.3 is 4.90 Å². The van der Waals surface area contributed by atoms with Gasteiger partial charge in [-0.1, -0.05) is 11.6 Å². The van der Waals surface area contributed by atoms with Crippen molar-refractivity contribution in [2.75, 3.05) is 27.7 Å². The smallest absolute Gasteiger partial charge is 0.300 e. The molecule has 0 atom stereocenters. The first-order chi connectivity index (χ1) is 9.07. The van der Waals surface area contributed by atoms with Gasteiger partial charge in [-0.2, -0.15) is 4.31 Å². The van der Waals surface area contributed by atoms with Crippen LogP contribution in [0, 0.1) is 10.1 Å². The van der Waals surface area contributed by atoms with E-state index in [1.807, 2.05) is 0 Å². The molecule has 0 aliphatic rings. The van der Waals surface area contributed by atoms with Gasteiger partial charge in [0.05, 0.1) is 11.5 Å². The molecule has 0 fully saturated rings. The minimum atomic E-state index is -3.99. The second-order valence-corrected chi connectivity index (χ2v) is 7.96. The Morgan fingerprint density at radius 3 is 2.40 bits per heavy atom. The zero-order valence-electron chi connectivity index (χ0n) is 10.9. The molecule has 0 radical (unpaired) electrons. The summed E-state index contributed by atoms with van der Waals surface area (Å²) >= 11 is 6.21. The number of rotatable bonds is 5. The minimum absolute atomic E-state index is 0.221. The van der Waals surface area contributed by atoms with Crippen molar-refractivity contribution in [1.29, 1.82) is 0 Å². The average molecular weight is 342 g/mol. The van der Waals surface area contributed by atoms with Crippen LogP contribution in [0.15, 0.2) is 10.3 Å². The zero-order chi connectivity index (χ0) is 15.7. The predicted octanol–water partition coefficient (Wildman–Crippen LogP) is 1.02. The highest BCUT2D eigenvalue weighted by Gasteiger charge is 2.29. The lowest BCUT2D eigenvalue weighted by atomic mass is 10.5. The van der Waals surface area contributed by atoms with Crippen molar-refractivity contribution >= 4 is 44.6 Å². The standard InChI is InChI=1S/C9H12ClN3O5S2/c1-11(2)7(14)5-12(3)20(17,18)8-4-6(13(15)16)9(10)19-8/h4H,5H2,1-3H3. The Bertz CT molecular complexity index is 640. The van der Waals surface area contributed by atoms with Crippen LogP contribution in [0.3, 0.4) is 0 Å². The number of nitro groups is 1. The van der Waals surface area contributed by atoms with Crippen LogP contribution in [-0.4, -0.2) is 56.1 Å². The van der Waals surface area contributed by atoms with Crippen LogP contribution in [0.25, 0.3) is 0 Å². The number of hydrogen-bond donors (Lipinski definition) is 0. The first-order valence-electron chi connectivity index (χ1n) is 5.17. The van der Waals surface area contributed by atoms with Crippen molar-refractivity contribution in [2.45, 2.75) is 4.21 Å². The van der Waals surface area contributed by atoms with Gasteiger partial charge in [0.1, 0.15) is 4.21 Å². The number of sulfonamides is 1. The number of thiophene rings is 1. The summed E-state index contributed by atoms with van der Waals surface area (Å²) in [6, 6.07) is 0.888. The molecular formula is C9H12ClN3O5S2. The van der Waals surface area contributed by atoms with Crippen LogP contribution in [0.4, 0.5) is 5.69 Å². The summed E-state index contributed by atoms with van der Waals surface area (Å²) < 4.78 is 24.7. The van der Waals surface area contributed by atoms with E-state index in [1.54, 1.807) is 0 Å². The maximum atomic E-state index is 12.2. The topological polar surface area (TPSA) is 101 Å². The summed E-state index contributed by atoms with van der Waals surface area (Å²) in [5, 5.41) is 10.7. The molecule has 112 valence electrons. The molecule has 0 aliphatic carbocycles. The lowest BCUT2D eigenvalue weighted by Crippen LogP contribution is -2.37. The average Bonchev–Trinajstić information content (AvgIpc) is 2.71. The largest absolute Gasteiger partial charge is 0.348 e. The number of carbonyl (C=O) groups excluding carboxylic acids is 1. The summed E-state index contributed by atoms with van der Waals surface area (Å²) in [7, 11) is 0.223. The molecule has 0 bridgehead atoms. The fourth-order valence-corrected chi connectivity index (χ4v) is 4.16. The van der Waals surface area contributed by atoms with E-state index in [1.165, 1.54) is 26.0 Å². The van der Waals surface area contributed by atoms with E-state index in [-0.39, 0.29) is 15.1 Å². The van der Waals surface area contributed by atoms with Crippen molar-refractivity contribution in [3.8, 4) is 0 Å². The lowest BCUT2D eigenvalue weighted by molar-refractivity contribution is -0.384. The highest BCUT2D eigenvalue weighted by atomic mass is 35.5. The van der Waals surface area contributed by atoms with E-state index < -0.39 is 26.5 Å². The third kappa shape index (κ3) is 3.45. The molecule has 1 aromatic rings. The Hall–Kier alpha value is -1.23.